The SMILES string of the molecule is CCOCC(CCl)CC(C)C. The third kappa shape index (κ3) is 6.64. The van der Waals surface area contributed by atoms with Gasteiger partial charge in [0.2, 0.25) is 0 Å². The molecule has 0 aliphatic rings. The van der Waals surface area contributed by atoms with E-state index in [0.717, 1.165) is 25.0 Å². The Hall–Kier alpha value is 0.250. The van der Waals surface area contributed by atoms with Crippen LogP contribution in [-0.2, 0) is 4.74 Å². The minimum absolute atomic E-state index is 0.539. The van der Waals surface area contributed by atoms with E-state index in [9.17, 15) is 0 Å². The lowest BCUT2D eigenvalue weighted by Crippen LogP contribution is -2.13. The fraction of sp³-hybridized carbons (Fsp3) is 1.00. The van der Waals surface area contributed by atoms with Crippen molar-refractivity contribution in [1.82, 2.24) is 0 Å². The van der Waals surface area contributed by atoms with Gasteiger partial charge in [-0.2, -0.15) is 0 Å². The largest absolute Gasteiger partial charge is 0.381 e. The number of halogens is 1. The molecule has 0 saturated heterocycles. The summed E-state index contributed by atoms with van der Waals surface area (Å²) in [5.41, 5.74) is 0. The molecule has 11 heavy (non-hydrogen) atoms. The van der Waals surface area contributed by atoms with Gasteiger partial charge in [0.25, 0.3) is 0 Å². The molecule has 2 heteroatoms. The maximum atomic E-state index is 5.77. The highest BCUT2D eigenvalue weighted by Gasteiger charge is 2.08. The number of hydrogen-bond donors (Lipinski definition) is 0. The zero-order valence-corrected chi connectivity index (χ0v) is 8.53. The van der Waals surface area contributed by atoms with E-state index in [1.54, 1.807) is 0 Å². The van der Waals surface area contributed by atoms with Crippen molar-refractivity contribution in [3.8, 4) is 0 Å². The van der Waals surface area contributed by atoms with Gasteiger partial charge < -0.3 is 4.74 Å². The Morgan fingerprint density at radius 3 is 2.36 bits per heavy atom. The summed E-state index contributed by atoms with van der Waals surface area (Å²) in [7, 11) is 0. The molecule has 0 aromatic heterocycles. The van der Waals surface area contributed by atoms with Crippen LogP contribution in [0.4, 0.5) is 0 Å². The number of ether oxygens (including phenoxy) is 1. The molecule has 0 fully saturated rings. The van der Waals surface area contributed by atoms with Gasteiger partial charge in [0.05, 0.1) is 6.61 Å². The molecule has 0 N–H and O–H groups in total. The van der Waals surface area contributed by atoms with Gasteiger partial charge in [0.1, 0.15) is 0 Å². The predicted molar refractivity (Wildman–Crippen MR) is 50.2 cm³/mol. The highest BCUT2D eigenvalue weighted by molar-refractivity contribution is 6.18. The van der Waals surface area contributed by atoms with Crippen LogP contribution in [0.15, 0.2) is 0 Å². The number of hydrogen-bond acceptors (Lipinski definition) is 1. The van der Waals surface area contributed by atoms with Crippen molar-refractivity contribution in [2.45, 2.75) is 27.2 Å². The summed E-state index contributed by atoms with van der Waals surface area (Å²) in [5.74, 6) is 1.98. The summed E-state index contributed by atoms with van der Waals surface area (Å²) in [4.78, 5) is 0. The minimum Gasteiger partial charge on any atom is -0.381 e. The van der Waals surface area contributed by atoms with E-state index in [0.29, 0.717) is 5.92 Å². The normalized spacial score (nSPS) is 13.9. The third-order valence-corrected chi connectivity index (χ3v) is 2.02. The summed E-state index contributed by atoms with van der Waals surface area (Å²) < 4.78 is 5.30. The zero-order chi connectivity index (χ0) is 8.69. The van der Waals surface area contributed by atoms with Crippen LogP contribution >= 0.6 is 11.6 Å². The van der Waals surface area contributed by atoms with E-state index in [1.807, 2.05) is 6.92 Å². The van der Waals surface area contributed by atoms with Crippen molar-refractivity contribution in [3.63, 3.8) is 0 Å². The van der Waals surface area contributed by atoms with Gasteiger partial charge in [-0.1, -0.05) is 13.8 Å². The van der Waals surface area contributed by atoms with Crippen molar-refractivity contribution < 1.29 is 4.74 Å². The van der Waals surface area contributed by atoms with Crippen LogP contribution in [0.3, 0.4) is 0 Å². The molecule has 1 unspecified atom stereocenters. The third-order valence-electron chi connectivity index (χ3n) is 1.58. The Morgan fingerprint density at radius 2 is 2.00 bits per heavy atom. The summed E-state index contributed by atoms with van der Waals surface area (Å²) in [6, 6.07) is 0. The molecule has 0 heterocycles. The summed E-state index contributed by atoms with van der Waals surface area (Å²) in [5, 5.41) is 0. The molecule has 0 spiro atoms. The Kier molecular flexibility index (Phi) is 7.09. The molecule has 0 amide bonds. The maximum absolute atomic E-state index is 5.77. The predicted octanol–water partition coefficient (Wildman–Crippen LogP) is 2.92. The first kappa shape index (κ1) is 11.2. The van der Waals surface area contributed by atoms with Crippen molar-refractivity contribution in [1.29, 1.82) is 0 Å². The first-order valence-electron chi connectivity index (χ1n) is 4.34. The standard InChI is InChI=1S/C9H19ClO/c1-4-11-7-9(6-10)5-8(2)3/h8-9H,4-7H2,1-3H3. The van der Waals surface area contributed by atoms with Crippen molar-refractivity contribution in [3.05, 3.63) is 0 Å². The van der Waals surface area contributed by atoms with E-state index >= 15 is 0 Å². The molecule has 1 atom stereocenters. The van der Waals surface area contributed by atoms with Gasteiger partial charge in [0.15, 0.2) is 0 Å². The van der Waals surface area contributed by atoms with E-state index in [2.05, 4.69) is 13.8 Å². The van der Waals surface area contributed by atoms with Crippen molar-refractivity contribution >= 4 is 11.6 Å². The maximum Gasteiger partial charge on any atom is 0.0505 e. The molecule has 0 aromatic rings. The molecule has 0 radical (unpaired) electrons. The van der Waals surface area contributed by atoms with Gasteiger partial charge >= 0.3 is 0 Å². The van der Waals surface area contributed by atoms with Crippen LogP contribution in [0.5, 0.6) is 0 Å². The average Bonchev–Trinajstić information content (AvgIpc) is 1.97. The molecule has 0 aromatic carbocycles. The molecule has 68 valence electrons. The lowest BCUT2D eigenvalue weighted by atomic mass is 10.00. The van der Waals surface area contributed by atoms with E-state index < -0.39 is 0 Å². The second-order valence-electron chi connectivity index (χ2n) is 3.31. The Bertz CT molecular complexity index is 83.6. The smallest absolute Gasteiger partial charge is 0.0505 e. The second kappa shape index (κ2) is 6.93. The molecule has 0 aliphatic heterocycles. The monoisotopic (exact) mass is 178 g/mol. The molecular formula is C9H19ClO. The molecule has 0 aliphatic carbocycles. The lowest BCUT2D eigenvalue weighted by Gasteiger charge is -2.15. The number of alkyl halides is 1. The van der Waals surface area contributed by atoms with E-state index in [1.165, 1.54) is 6.42 Å². The van der Waals surface area contributed by atoms with Crippen LogP contribution in [0.1, 0.15) is 27.2 Å². The fourth-order valence-electron chi connectivity index (χ4n) is 1.13. The first-order chi connectivity index (χ1) is 5.20. The van der Waals surface area contributed by atoms with Gasteiger partial charge in [-0.3, -0.25) is 0 Å². The highest BCUT2D eigenvalue weighted by atomic mass is 35.5. The molecule has 1 nitrogen and oxygen atoms in total. The highest BCUT2D eigenvalue weighted by Crippen LogP contribution is 2.13. The van der Waals surface area contributed by atoms with E-state index in [4.69, 9.17) is 16.3 Å². The van der Waals surface area contributed by atoms with Gasteiger partial charge in [0, 0.05) is 12.5 Å². The molecule has 0 rings (SSSR count). The topological polar surface area (TPSA) is 9.23 Å². The van der Waals surface area contributed by atoms with Gasteiger partial charge in [-0.15, -0.1) is 11.6 Å². The second-order valence-corrected chi connectivity index (χ2v) is 3.62. The lowest BCUT2D eigenvalue weighted by molar-refractivity contribution is 0.110. The van der Waals surface area contributed by atoms with E-state index in [-0.39, 0.29) is 0 Å². The summed E-state index contributed by atoms with van der Waals surface area (Å²) >= 11 is 5.77. The number of rotatable bonds is 6. The zero-order valence-electron chi connectivity index (χ0n) is 7.77. The first-order valence-corrected chi connectivity index (χ1v) is 4.87. The molecule has 0 bridgehead atoms. The Morgan fingerprint density at radius 1 is 1.36 bits per heavy atom. The van der Waals surface area contributed by atoms with Crippen LogP contribution in [0.2, 0.25) is 0 Å². The fourth-order valence-corrected chi connectivity index (χ4v) is 1.34. The average molecular weight is 179 g/mol. The van der Waals surface area contributed by atoms with Gasteiger partial charge in [-0.05, 0) is 25.2 Å². The van der Waals surface area contributed by atoms with Crippen molar-refractivity contribution in [2.24, 2.45) is 11.8 Å². The van der Waals surface area contributed by atoms with Crippen LogP contribution in [0.25, 0.3) is 0 Å². The minimum atomic E-state index is 0.539. The van der Waals surface area contributed by atoms with Crippen LogP contribution in [0, 0.1) is 11.8 Å². The van der Waals surface area contributed by atoms with Crippen LogP contribution in [-0.4, -0.2) is 19.1 Å². The van der Waals surface area contributed by atoms with Gasteiger partial charge in [-0.25, -0.2) is 0 Å². The summed E-state index contributed by atoms with van der Waals surface area (Å²) in [6.07, 6.45) is 1.17. The Balaban J connectivity index is 3.41. The van der Waals surface area contributed by atoms with Crippen molar-refractivity contribution in [2.75, 3.05) is 19.1 Å². The molecule has 0 saturated carbocycles. The Labute approximate surface area is 75.1 Å². The quantitative estimate of drug-likeness (QED) is 0.569. The summed E-state index contributed by atoms with van der Waals surface area (Å²) in [6.45, 7) is 8.06. The van der Waals surface area contributed by atoms with Crippen LogP contribution < -0.4 is 0 Å². The molecular weight excluding hydrogens is 160 g/mol.